The maximum Gasteiger partial charge on any atom is 0.146 e. The van der Waals surface area contributed by atoms with Crippen LogP contribution in [0.2, 0.25) is 5.02 Å². The molecule has 0 amide bonds. The molecule has 0 heterocycles. The number of hydrogen-bond donors (Lipinski definition) is 1. The monoisotopic (exact) mass is 353 g/mol. The summed E-state index contributed by atoms with van der Waals surface area (Å²) in [5.41, 5.74) is 2.31. The smallest absolute Gasteiger partial charge is 0.146 e. The van der Waals surface area contributed by atoms with Gasteiger partial charge >= 0.3 is 0 Å². The van der Waals surface area contributed by atoms with Gasteiger partial charge in [0.25, 0.3) is 0 Å². The fraction of sp³-hybridized carbons (Fsp3) is 0.250. The third-order valence-corrected chi connectivity index (χ3v) is 4.11. The SMILES string of the molecule is CNC(C)c1ccc(Oc2ccc(C)cc2Br)c(Cl)c1. The van der Waals surface area contributed by atoms with Gasteiger partial charge in [-0.25, -0.2) is 0 Å². The van der Waals surface area contributed by atoms with Gasteiger partial charge in [0.1, 0.15) is 11.5 Å². The molecule has 0 bridgehead atoms. The molecule has 0 spiro atoms. The van der Waals surface area contributed by atoms with Crippen LogP contribution in [0.3, 0.4) is 0 Å². The quantitative estimate of drug-likeness (QED) is 0.784. The number of rotatable bonds is 4. The Morgan fingerprint density at radius 2 is 1.85 bits per heavy atom. The van der Waals surface area contributed by atoms with Gasteiger partial charge in [0, 0.05) is 6.04 Å². The van der Waals surface area contributed by atoms with E-state index in [9.17, 15) is 0 Å². The maximum atomic E-state index is 6.30. The van der Waals surface area contributed by atoms with E-state index in [4.69, 9.17) is 16.3 Å². The van der Waals surface area contributed by atoms with Crippen molar-refractivity contribution in [2.45, 2.75) is 19.9 Å². The lowest BCUT2D eigenvalue weighted by Crippen LogP contribution is -2.12. The number of benzene rings is 2. The molecule has 0 radical (unpaired) electrons. The van der Waals surface area contributed by atoms with Crippen molar-refractivity contribution in [3.8, 4) is 11.5 Å². The van der Waals surface area contributed by atoms with E-state index in [1.807, 2.05) is 50.4 Å². The van der Waals surface area contributed by atoms with Crippen LogP contribution in [-0.2, 0) is 0 Å². The van der Waals surface area contributed by atoms with Crippen LogP contribution in [0.25, 0.3) is 0 Å². The van der Waals surface area contributed by atoms with Gasteiger partial charge in [0.15, 0.2) is 0 Å². The van der Waals surface area contributed by atoms with E-state index in [0.717, 1.165) is 15.8 Å². The van der Waals surface area contributed by atoms with Gasteiger partial charge in [-0.15, -0.1) is 0 Å². The van der Waals surface area contributed by atoms with Crippen LogP contribution in [0.4, 0.5) is 0 Å². The highest BCUT2D eigenvalue weighted by Gasteiger charge is 2.09. The lowest BCUT2D eigenvalue weighted by molar-refractivity contribution is 0.479. The van der Waals surface area contributed by atoms with Crippen LogP contribution in [0.1, 0.15) is 24.1 Å². The summed E-state index contributed by atoms with van der Waals surface area (Å²) in [5, 5.41) is 3.79. The lowest BCUT2D eigenvalue weighted by atomic mass is 10.1. The first-order chi connectivity index (χ1) is 9.51. The lowest BCUT2D eigenvalue weighted by Gasteiger charge is -2.14. The Bertz CT molecular complexity index is 615. The molecule has 0 aliphatic heterocycles. The second kappa shape index (κ2) is 6.61. The molecule has 0 aliphatic rings. The van der Waals surface area contributed by atoms with Crippen LogP contribution in [0.5, 0.6) is 11.5 Å². The Morgan fingerprint density at radius 1 is 1.15 bits per heavy atom. The zero-order valence-electron chi connectivity index (χ0n) is 11.7. The third-order valence-electron chi connectivity index (χ3n) is 3.20. The minimum Gasteiger partial charge on any atom is -0.455 e. The maximum absolute atomic E-state index is 6.30. The first-order valence-corrected chi connectivity index (χ1v) is 7.59. The number of ether oxygens (including phenoxy) is 1. The van der Waals surface area contributed by atoms with Crippen LogP contribution < -0.4 is 10.1 Å². The van der Waals surface area contributed by atoms with Crippen LogP contribution in [-0.4, -0.2) is 7.05 Å². The molecular formula is C16H17BrClNO. The van der Waals surface area contributed by atoms with Crippen molar-refractivity contribution in [1.82, 2.24) is 5.32 Å². The molecule has 106 valence electrons. The van der Waals surface area contributed by atoms with E-state index in [1.54, 1.807) is 0 Å². The van der Waals surface area contributed by atoms with Gasteiger partial charge in [-0.3, -0.25) is 0 Å². The normalized spacial score (nSPS) is 12.2. The van der Waals surface area contributed by atoms with Crippen LogP contribution >= 0.6 is 27.5 Å². The molecule has 0 aromatic heterocycles. The van der Waals surface area contributed by atoms with E-state index in [2.05, 4.69) is 28.2 Å². The number of nitrogens with one attached hydrogen (secondary N) is 1. The van der Waals surface area contributed by atoms with Crippen molar-refractivity contribution >= 4 is 27.5 Å². The first kappa shape index (κ1) is 15.4. The molecule has 1 N–H and O–H groups in total. The first-order valence-electron chi connectivity index (χ1n) is 6.42. The van der Waals surface area contributed by atoms with Crippen molar-refractivity contribution in [2.24, 2.45) is 0 Å². The second-order valence-corrected chi connectivity index (χ2v) is 6.00. The Hall–Kier alpha value is -1.03. The molecule has 4 heteroatoms. The fourth-order valence-electron chi connectivity index (χ4n) is 1.84. The highest BCUT2D eigenvalue weighted by Crippen LogP contribution is 2.35. The molecule has 1 unspecified atom stereocenters. The average molecular weight is 355 g/mol. The van der Waals surface area contributed by atoms with Crippen molar-refractivity contribution < 1.29 is 4.74 Å². The number of halogens is 2. The summed E-state index contributed by atoms with van der Waals surface area (Å²) in [6, 6.07) is 12.1. The van der Waals surface area contributed by atoms with E-state index >= 15 is 0 Å². The summed E-state index contributed by atoms with van der Waals surface area (Å²) >= 11 is 9.80. The molecule has 0 saturated heterocycles. The molecule has 0 aliphatic carbocycles. The second-order valence-electron chi connectivity index (χ2n) is 4.74. The predicted octanol–water partition coefficient (Wildman–Crippen LogP) is 5.48. The Labute approximate surface area is 133 Å². The van der Waals surface area contributed by atoms with Gasteiger partial charge < -0.3 is 10.1 Å². The van der Waals surface area contributed by atoms with Crippen molar-refractivity contribution in [1.29, 1.82) is 0 Å². The zero-order chi connectivity index (χ0) is 14.7. The fourth-order valence-corrected chi connectivity index (χ4v) is 2.64. The van der Waals surface area contributed by atoms with E-state index in [1.165, 1.54) is 5.56 Å². The molecule has 1 atom stereocenters. The average Bonchev–Trinajstić information content (AvgIpc) is 2.42. The highest BCUT2D eigenvalue weighted by molar-refractivity contribution is 9.10. The van der Waals surface area contributed by atoms with E-state index in [0.29, 0.717) is 10.8 Å². The molecular weight excluding hydrogens is 338 g/mol. The Balaban J connectivity index is 2.25. The van der Waals surface area contributed by atoms with Gasteiger partial charge in [0.2, 0.25) is 0 Å². The Kier molecular flexibility index (Phi) is 5.08. The van der Waals surface area contributed by atoms with E-state index < -0.39 is 0 Å². The molecule has 2 nitrogen and oxygen atoms in total. The van der Waals surface area contributed by atoms with Crippen LogP contribution in [0, 0.1) is 6.92 Å². The standard InChI is InChI=1S/C16H17BrClNO/c1-10-4-6-15(13(17)8-10)20-16-7-5-12(9-14(16)18)11(2)19-3/h4-9,11,19H,1-3H3. The third kappa shape index (κ3) is 3.54. The summed E-state index contributed by atoms with van der Waals surface area (Å²) < 4.78 is 6.78. The van der Waals surface area contributed by atoms with Crippen molar-refractivity contribution in [3.05, 3.63) is 57.0 Å². The molecule has 0 saturated carbocycles. The number of aryl methyl sites for hydroxylation is 1. The molecule has 2 rings (SSSR count). The number of hydrogen-bond acceptors (Lipinski definition) is 2. The summed E-state index contributed by atoms with van der Waals surface area (Å²) in [7, 11) is 1.92. The molecule has 20 heavy (non-hydrogen) atoms. The molecule has 0 fully saturated rings. The van der Waals surface area contributed by atoms with Gasteiger partial charge in [0.05, 0.1) is 9.50 Å². The summed E-state index contributed by atoms with van der Waals surface area (Å²) in [6.07, 6.45) is 0. The summed E-state index contributed by atoms with van der Waals surface area (Å²) in [6.45, 7) is 4.12. The Morgan fingerprint density at radius 3 is 2.45 bits per heavy atom. The predicted molar refractivity (Wildman–Crippen MR) is 87.9 cm³/mol. The summed E-state index contributed by atoms with van der Waals surface area (Å²) in [4.78, 5) is 0. The van der Waals surface area contributed by atoms with E-state index in [-0.39, 0.29) is 6.04 Å². The zero-order valence-corrected chi connectivity index (χ0v) is 14.0. The largest absolute Gasteiger partial charge is 0.455 e. The van der Waals surface area contributed by atoms with Gasteiger partial charge in [-0.05, 0) is 72.2 Å². The topological polar surface area (TPSA) is 21.3 Å². The molecule has 2 aromatic rings. The highest BCUT2D eigenvalue weighted by atomic mass is 79.9. The minimum atomic E-state index is 0.257. The molecule has 2 aromatic carbocycles. The van der Waals surface area contributed by atoms with Gasteiger partial charge in [-0.2, -0.15) is 0 Å². The minimum absolute atomic E-state index is 0.257. The van der Waals surface area contributed by atoms with Crippen LogP contribution in [0.15, 0.2) is 40.9 Å². The van der Waals surface area contributed by atoms with Gasteiger partial charge in [-0.1, -0.05) is 23.7 Å². The summed E-state index contributed by atoms with van der Waals surface area (Å²) in [5.74, 6) is 1.41. The van der Waals surface area contributed by atoms with Crippen molar-refractivity contribution in [3.63, 3.8) is 0 Å². The van der Waals surface area contributed by atoms with Crippen molar-refractivity contribution in [2.75, 3.05) is 7.05 Å².